The van der Waals surface area contributed by atoms with Crippen molar-refractivity contribution in [3.05, 3.63) is 62.9 Å². The van der Waals surface area contributed by atoms with Crippen LogP contribution in [0, 0.1) is 10.1 Å². The maximum absolute atomic E-state index is 10.8. The Bertz CT molecular complexity index is 577. The highest BCUT2D eigenvalue weighted by Gasteiger charge is 2.12. The molecule has 2 aromatic rings. The van der Waals surface area contributed by atoms with Gasteiger partial charge in [-0.2, -0.15) is 10.2 Å². The van der Waals surface area contributed by atoms with Gasteiger partial charge in [0.1, 0.15) is 5.02 Å². The minimum atomic E-state index is -0.492. The molecule has 1 aromatic carbocycles. The van der Waals surface area contributed by atoms with Crippen molar-refractivity contribution in [2.45, 2.75) is 13.1 Å². The van der Waals surface area contributed by atoms with Crippen molar-refractivity contribution in [1.29, 1.82) is 0 Å². The Balaban J connectivity index is 1.97. The van der Waals surface area contributed by atoms with E-state index in [2.05, 4.69) is 15.5 Å². The predicted molar refractivity (Wildman–Crippen MR) is 70.7 cm³/mol. The van der Waals surface area contributed by atoms with Crippen molar-refractivity contribution >= 4 is 17.3 Å². The van der Waals surface area contributed by atoms with Crippen molar-refractivity contribution in [2.75, 3.05) is 0 Å². The smallest absolute Gasteiger partial charge is 0.288 e. The molecule has 7 heteroatoms. The number of rotatable bonds is 5. The molecule has 0 saturated heterocycles. The minimum absolute atomic E-state index is 0.0829. The van der Waals surface area contributed by atoms with Crippen LogP contribution in [-0.4, -0.2) is 15.1 Å². The fourth-order valence-corrected chi connectivity index (χ4v) is 1.76. The van der Waals surface area contributed by atoms with Gasteiger partial charge in [0.2, 0.25) is 0 Å². The van der Waals surface area contributed by atoms with Crippen molar-refractivity contribution in [3.63, 3.8) is 0 Å². The summed E-state index contributed by atoms with van der Waals surface area (Å²) < 4.78 is 0. The van der Waals surface area contributed by atoms with Crippen LogP contribution in [0.5, 0.6) is 0 Å². The van der Waals surface area contributed by atoms with Gasteiger partial charge in [0.05, 0.1) is 10.6 Å². The van der Waals surface area contributed by atoms with Crippen molar-refractivity contribution < 1.29 is 4.92 Å². The summed E-state index contributed by atoms with van der Waals surface area (Å²) in [5.74, 6) is 0. The summed E-state index contributed by atoms with van der Waals surface area (Å²) in [5, 5.41) is 21.7. The van der Waals surface area contributed by atoms with Crippen molar-refractivity contribution in [3.8, 4) is 0 Å². The second-order valence-electron chi connectivity index (χ2n) is 3.86. The van der Waals surface area contributed by atoms with Gasteiger partial charge in [0.25, 0.3) is 5.69 Å². The highest BCUT2D eigenvalue weighted by atomic mass is 35.5. The SMILES string of the molecule is O=[N+]([O-])c1cc(CNCc2cccnn2)ccc1Cl. The first kappa shape index (κ1) is 13.4. The van der Waals surface area contributed by atoms with Gasteiger partial charge in [-0.15, -0.1) is 0 Å². The van der Waals surface area contributed by atoms with Gasteiger partial charge in [-0.25, -0.2) is 0 Å². The number of nitrogens with one attached hydrogen (secondary N) is 1. The van der Waals surface area contributed by atoms with Gasteiger partial charge in [-0.05, 0) is 23.8 Å². The first-order valence-corrected chi connectivity index (χ1v) is 5.95. The average Bonchev–Trinajstić information content (AvgIpc) is 2.41. The number of hydrogen-bond acceptors (Lipinski definition) is 5. The monoisotopic (exact) mass is 278 g/mol. The van der Waals surface area contributed by atoms with Gasteiger partial charge < -0.3 is 5.32 Å². The highest BCUT2D eigenvalue weighted by molar-refractivity contribution is 6.32. The zero-order chi connectivity index (χ0) is 13.7. The van der Waals surface area contributed by atoms with Crippen LogP contribution in [0.4, 0.5) is 5.69 Å². The molecular formula is C12H11ClN4O2. The maximum atomic E-state index is 10.8. The lowest BCUT2D eigenvalue weighted by atomic mass is 10.2. The third kappa shape index (κ3) is 3.70. The molecule has 0 aliphatic carbocycles. The summed E-state index contributed by atoms with van der Waals surface area (Å²) in [6.45, 7) is 1.04. The maximum Gasteiger partial charge on any atom is 0.288 e. The Morgan fingerprint density at radius 1 is 1.32 bits per heavy atom. The van der Waals surface area contributed by atoms with E-state index in [4.69, 9.17) is 11.6 Å². The number of aromatic nitrogens is 2. The van der Waals surface area contributed by atoms with E-state index in [1.54, 1.807) is 18.3 Å². The molecule has 0 spiro atoms. The summed E-state index contributed by atoms with van der Waals surface area (Å²) in [7, 11) is 0. The topological polar surface area (TPSA) is 81.0 Å². The van der Waals surface area contributed by atoms with E-state index in [0.29, 0.717) is 13.1 Å². The molecule has 2 rings (SSSR count). The molecule has 1 heterocycles. The lowest BCUT2D eigenvalue weighted by molar-refractivity contribution is -0.384. The average molecular weight is 279 g/mol. The summed E-state index contributed by atoms with van der Waals surface area (Å²) in [5.41, 5.74) is 1.52. The zero-order valence-corrected chi connectivity index (χ0v) is 10.7. The number of nitrogens with zero attached hydrogens (tertiary/aromatic N) is 3. The predicted octanol–water partition coefficient (Wildman–Crippen LogP) is 2.33. The molecule has 6 nitrogen and oxygen atoms in total. The van der Waals surface area contributed by atoms with E-state index in [0.717, 1.165) is 11.3 Å². The number of benzene rings is 1. The van der Waals surface area contributed by atoms with E-state index in [1.807, 2.05) is 6.07 Å². The molecule has 19 heavy (non-hydrogen) atoms. The van der Waals surface area contributed by atoms with Crippen molar-refractivity contribution in [2.24, 2.45) is 0 Å². The van der Waals surface area contributed by atoms with Gasteiger partial charge in [0, 0.05) is 25.4 Å². The minimum Gasteiger partial charge on any atom is -0.307 e. The molecule has 0 fully saturated rings. The number of hydrogen-bond donors (Lipinski definition) is 1. The summed E-state index contributed by atoms with van der Waals surface area (Å²) in [6, 6.07) is 8.39. The molecule has 0 amide bonds. The number of nitro groups is 1. The third-order valence-electron chi connectivity index (χ3n) is 2.47. The third-order valence-corrected chi connectivity index (χ3v) is 2.79. The molecule has 0 radical (unpaired) electrons. The molecular weight excluding hydrogens is 268 g/mol. The lowest BCUT2D eigenvalue weighted by Gasteiger charge is -2.04. The molecule has 98 valence electrons. The Morgan fingerprint density at radius 3 is 2.84 bits per heavy atom. The standard InChI is InChI=1S/C12H11ClN4O2/c13-11-4-3-9(6-12(11)17(18)19)7-14-8-10-2-1-5-15-16-10/h1-6,14H,7-8H2. The van der Waals surface area contributed by atoms with E-state index >= 15 is 0 Å². The highest BCUT2D eigenvalue weighted by Crippen LogP contribution is 2.24. The number of nitro benzene ring substituents is 1. The van der Waals surface area contributed by atoms with E-state index in [-0.39, 0.29) is 10.7 Å². The second kappa shape index (κ2) is 6.21. The van der Waals surface area contributed by atoms with Crippen LogP contribution in [0.3, 0.4) is 0 Å². The fourth-order valence-electron chi connectivity index (χ4n) is 1.57. The van der Waals surface area contributed by atoms with E-state index < -0.39 is 4.92 Å². The van der Waals surface area contributed by atoms with Crippen LogP contribution in [0.2, 0.25) is 5.02 Å². The van der Waals surface area contributed by atoms with Crippen LogP contribution < -0.4 is 5.32 Å². The van der Waals surface area contributed by atoms with Gasteiger partial charge in [-0.1, -0.05) is 17.7 Å². The molecule has 0 aliphatic rings. The van der Waals surface area contributed by atoms with E-state index in [9.17, 15) is 10.1 Å². The molecule has 0 unspecified atom stereocenters. The molecule has 0 atom stereocenters. The summed E-state index contributed by atoms with van der Waals surface area (Å²) in [6.07, 6.45) is 1.60. The first-order chi connectivity index (χ1) is 9.16. The van der Waals surface area contributed by atoms with Gasteiger partial charge in [-0.3, -0.25) is 10.1 Å². The normalized spacial score (nSPS) is 10.4. The Morgan fingerprint density at radius 2 is 2.16 bits per heavy atom. The van der Waals surface area contributed by atoms with Gasteiger partial charge in [0.15, 0.2) is 0 Å². The number of halogens is 1. The van der Waals surface area contributed by atoms with Crippen LogP contribution in [0.1, 0.15) is 11.3 Å². The van der Waals surface area contributed by atoms with Gasteiger partial charge >= 0.3 is 0 Å². The molecule has 0 aliphatic heterocycles. The molecule has 0 saturated carbocycles. The Labute approximate surface area is 114 Å². The van der Waals surface area contributed by atoms with Crippen LogP contribution >= 0.6 is 11.6 Å². The Hall–Kier alpha value is -2.05. The van der Waals surface area contributed by atoms with Crippen molar-refractivity contribution in [1.82, 2.24) is 15.5 Å². The Kier molecular flexibility index (Phi) is 4.38. The molecule has 1 N–H and O–H groups in total. The quantitative estimate of drug-likeness (QED) is 0.670. The lowest BCUT2D eigenvalue weighted by Crippen LogP contribution is -2.14. The van der Waals surface area contributed by atoms with Crippen LogP contribution in [0.15, 0.2) is 36.5 Å². The first-order valence-electron chi connectivity index (χ1n) is 5.57. The van der Waals surface area contributed by atoms with Crippen LogP contribution in [0.25, 0.3) is 0 Å². The second-order valence-corrected chi connectivity index (χ2v) is 4.27. The zero-order valence-electron chi connectivity index (χ0n) is 9.91. The van der Waals surface area contributed by atoms with E-state index in [1.165, 1.54) is 12.1 Å². The molecule has 1 aromatic heterocycles. The molecule has 0 bridgehead atoms. The van der Waals surface area contributed by atoms with Crippen LogP contribution in [-0.2, 0) is 13.1 Å². The largest absolute Gasteiger partial charge is 0.307 e. The fraction of sp³-hybridized carbons (Fsp3) is 0.167. The summed E-state index contributed by atoms with van der Waals surface area (Å²) in [4.78, 5) is 10.3. The summed E-state index contributed by atoms with van der Waals surface area (Å²) >= 11 is 5.74.